The molecule has 5 nitrogen and oxygen atoms in total. The Hall–Kier alpha value is -2.63. The maximum Gasteiger partial charge on any atom is 0.416 e. The fourth-order valence-corrected chi connectivity index (χ4v) is 5.55. The monoisotopic (exact) mass is 546 g/mol. The minimum atomic E-state index is -4.91. The maximum atomic E-state index is 13.3. The molecule has 5 rings (SSSR count). The number of piperidine rings is 1. The summed E-state index contributed by atoms with van der Waals surface area (Å²) in [6, 6.07) is 11.2. The van der Waals surface area contributed by atoms with Gasteiger partial charge in [-0.2, -0.15) is 26.3 Å². The van der Waals surface area contributed by atoms with Gasteiger partial charge in [0, 0.05) is 25.2 Å². The molecule has 2 bridgehead atoms. The number of benzene rings is 2. The van der Waals surface area contributed by atoms with Crippen molar-refractivity contribution < 1.29 is 31.1 Å². The van der Waals surface area contributed by atoms with E-state index in [1.54, 1.807) is 11.7 Å². The van der Waals surface area contributed by atoms with Gasteiger partial charge in [0.05, 0.1) is 35.1 Å². The first-order valence-corrected chi connectivity index (χ1v) is 11.5. The molecule has 200 valence electrons. The Bertz CT molecular complexity index is 1200. The average Bonchev–Trinajstić information content (AvgIpc) is 3.39. The highest BCUT2D eigenvalue weighted by atomic mass is 35.5. The van der Waals surface area contributed by atoms with Crippen LogP contribution in [0.25, 0.3) is 0 Å². The molecule has 37 heavy (non-hydrogen) atoms. The minimum Gasteiger partial charge on any atom is -0.371 e. The van der Waals surface area contributed by atoms with E-state index in [-0.39, 0.29) is 42.6 Å². The quantitative estimate of drug-likeness (QED) is 0.399. The number of fused-ring (bicyclic) bond motifs is 2. The van der Waals surface area contributed by atoms with Gasteiger partial charge in [-0.1, -0.05) is 35.5 Å². The summed E-state index contributed by atoms with van der Waals surface area (Å²) in [4.78, 5) is 0. The van der Waals surface area contributed by atoms with Crippen molar-refractivity contribution in [1.82, 2.24) is 20.3 Å². The van der Waals surface area contributed by atoms with Gasteiger partial charge in [0.2, 0.25) is 0 Å². The second-order valence-electron chi connectivity index (χ2n) is 9.51. The molecule has 0 spiro atoms. The molecule has 0 aliphatic carbocycles. The van der Waals surface area contributed by atoms with Crippen LogP contribution >= 0.6 is 12.4 Å². The average molecular weight is 547 g/mol. The van der Waals surface area contributed by atoms with Crippen LogP contribution in [0.1, 0.15) is 53.1 Å². The Kier molecular flexibility index (Phi) is 7.35. The van der Waals surface area contributed by atoms with E-state index >= 15 is 0 Å². The van der Waals surface area contributed by atoms with Crippen molar-refractivity contribution in [1.29, 1.82) is 0 Å². The zero-order chi connectivity index (χ0) is 25.7. The summed E-state index contributed by atoms with van der Waals surface area (Å²) in [5.41, 5.74) is -1.75. The van der Waals surface area contributed by atoms with Crippen LogP contribution in [0.5, 0.6) is 0 Å². The smallest absolute Gasteiger partial charge is 0.371 e. The van der Waals surface area contributed by atoms with E-state index < -0.39 is 35.1 Å². The largest absolute Gasteiger partial charge is 0.416 e. The summed E-state index contributed by atoms with van der Waals surface area (Å²) < 4.78 is 87.6. The van der Waals surface area contributed by atoms with Gasteiger partial charge in [-0.3, -0.25) is 4.68 Å². The maximum absolute atomic E-state index is 13.3. The molecule has 2 aromatic carbocycles. The third-order valence-electron chi connectivity index (χ3n) is 7.15. The Morgan fingerprint density at radius 2 is 1.65 bits per heavy atom. The van der Waals surface area contributed by atoms with Crippen molar-refractivity contribution >= 4 is 12.4 Å². The third-order valence-corrected chi connectivity index (χ3v) is 7.15. The number of nitrogens with zero attached hydrogens (tertiary/aromatic N) is 3. The predicted molar refractivity (Wildman–Crippen MR) is 125 cm³/mol. The molecular formula is C25H25ClF6N4O. The zero-order valence-electron chi connectivity index (χ0n) is 19.7. The van der Waals surface area contributed by atoms with E-state index in [1.807, 2.05) is 36.5 Å². The molecule has 4 unspecified atom stereocenters. The minimum absolute atomic E-state index is 0. The van der Waals surface area contributed by atoms with E-state index in [0.717, 1.165) is 29.8 Å². The lowest BCUT2D eigenvalue weighted by Gasteiger charge is -2.42. The van der Waals surface area contributed by atoms with Crippen LogP contribution < -0.4 is 5.32 Å². The molecule has 2 aliphatic heterocycles. The van der Waals surface area contributed by atoms with Gasteiger partial charge in [0.1, 0.15) is 0 Å². The van der Waals surface area contributed by atoms with Crippen LogP contribution in [0, 0.1) is 0 Å². The van der Waals surface area contributed by atoms with Crippen molar-refractivity contribution in [3.8, 4) is 0 Å². The molecule has 2 fully saturated rings. The first-order valence-electron chi connectivity index (χ1n) is 11.5. The van der Waals surface area contributed by atoms with Gasteiger partial charge in [0.25, 0.3) is 0 Å². The van der Waals surface area contributed by atoms with Gasteiger partial charge in [-0.15, -0.1) is 17.5 Å². The normalized spacial score (nSPS) is 25.6. The first-order chi connectivity index (χ1) is 17.0. The van der Waals surface area contributed by atoms with Crippen molar-refractivity contribution in [2.45, 2.75) is 61.8 Å². The van der Waals surface area contributed by atoms with Crippen molar-refractivity contribution in [3.63, 3.8) is 0 Å². The van der Waals surface area contributed by atoms with E-state index in [4.69, 9.17) is 4.74 Å². The molecule has 2 saturated heterocycles. The molecule has 0 radical (unpaired) electrons. The van der Waals surface area contributed by atoms with E-state index in [9.17, 15) is 26.3 Å². The Labute approximate surface area is 215 Å². The molecule has 0 amide bonds. The molecule has 2 aliphatic rings. The molecule has 3 heterocycles. The number of rotatable bonds is 5. The fraction of sp³-hybridized carbons (Fsp3) is 0.440. The van der Waals surface area contributed by atoms with Crippen LogP contribution in [0.4, 0.5) is 26.3 Å². The summed E-state index contributed by atoms with van der Waals surface area (Å²) in [7, 11) is 1.79. The fourth-order valence-electron chi connectivity index (χ4n) is 5.55. The topological polar surface area (TPSA) is 52.0 Å². The molecule has 0 saturated carbocycles. The van der Waals surface area contributed by atoms with E-state index in [1.165, 1.54) is 0 Å². The number of ether oxygens (including phenoxy) is 1. The molecule has 3 aromatic rings. The van der Waals surface area contributed by atoms with E-state index in [0.29, 0.717) is 12.8 Å². The highest BCUT2D eigenvalue weighted by Crippen LogP contribution is 2.50. The number of halogens is 7. The van der Waals surface area contributed by atoms with Gasteiger partial charge in [-0.25, -0.2) is 0 Å². The Morgan fingerprint density at radius 1 is 1.00 bits per heavy atom. The van der Waals surface area contributed by atoms with Crippen LogP contribution in [-0.4, -0.2) is 27.1 Å². The number of hydrogen-bond donors (Lipinski definition) is 1. The van der Waals surface area contributed by atoms with Crippen LogP contribution in [0.3, 0.4) is 0 Å². The zero-order valence-corrected chi connectivity index (χ0v) is 20.5. The van der Waals surface area contributed by atoms with Crippen molar-refractivity contribution in [2.75, 3.05) is 0 Å². The number of aromatic nitrogens is 3. The summed E-state index contributed by atoms with van der Waals surface area (Å²) in [6.07, 6.45) is -6.50. The molecule has 12 heteroatoms. The summed E-state index contributed by atoms with van der Waals surface area (Å²) in [6.45, 7) is -0.381. The van der Waals surface area contributed by atoms with Gasteiger partial charge >= 0.3 is 12.4 Å². The molecule has 4 atom stereocenters. The van der Waals surface area contributed by atoms with Gasteiger partial charge in [0.15, 0.2) is 0 Å². The lowest BCUT2D eigenvalue weighted by atomic mass is 9.79. The molecule has 1 N–H and O–H groups in total. The van der Waals surface area contributed by atoms with Crippen LogP contribution in [0.2, 0.25) is 0 Å². The second kappa shape index (κ2) is 9.92. The third kappa shape index (κ3) is 5.35. The summed E-state index contributed by atoms with van der Waals surface area (Å²) >= 11 is 0. The van der Waals surface area contributed by atoms with Crippen molar-refractivity contribution in [3.05, 3.63) is 82.7 Å². The summed E-state index contributed by atoms with van der Waals surface area (Å²) in [5.74, 6) is 0.0397. The Balaban J connectivity index is 0.00000320. The Morgan fingerprint density at radius 3 is 2.22 bits per heavy atom. The van der Waals surface area contributed by atoms with Gasteiger partial charge in [-0.05, 0) is 48.6 Å². The van der Waals surface area contributed by atoms with Crippen LogP contribution in [-0.2, 0) is 36.3 Å². The number of alkyl halides is 6. The molecule has 1 aromatic heterocycles. The standard InChI is InChI=1S/C25H24F6N4O.ClH/c1-35-13-21(33-34-35)19-12-23(16-5-3-2-4-6-16)22(8-7-20(19)32-23)36-14-15-9-17(24(26,27)28)11-18(10-15)25(29,30)31;/h2-6,9-11,13,19-20,22,32H,7-8,12,14H2,1H3;1H. The highest BCUT2D eigenvalue weighted by Gasteiger charge is 2.55. The SMILES string of the molecule is Cl.Cn1cc(C2CC3(c4ccccc4)NC2CCC3OCc2cc(C(F)(F)F)cc(C(F)(F)F)c2)nn1. The van der Waals surface area contributed by atoms with Crippen LogP contribution in [0.15, 0.2) is 54.7 Å². The highest BCUT2D eigenvalue weighted by molar-refractivity contribution is 5.85. The lowest BCUT2D eigenvalue weighted by Crippen LogP contribution is -2.54. The summed E-state index contributed by atoms with van der Waals surface area (Å²) in [5, 5.41) is 12.0. The number of aryl methyl sites for hydroxylation is 1. The predicted octanol–water partition coefficient (Wildman–Crippen LogP) is 5.99. The van der Waals surface area contributed by atoms with E-state index in [2.05, 4.69) is 15.6 Å². The lowest BCUT2D eigenvalue weighted by molar-refractivity contribution is -0.143. The first kappa shape index (κ1) is 27.4. The number of nitrogens with one attached hydrogen (secondary N) is 1. The number of hydrogen-bond acceptors (Lipinski definition) is 4. The molecular weight excluding hydrogens is 522 g/mol. The van der Waals surface area contributed by atoms with Crippen molar-refractivity contribution in [2.24, 2.45) is 7.05 Å². The van der Waals surface area contributed by atoms with Gasteiger partial charge < -0.3 is 10.1 Å². The second-order valence-corrected chi connectivity index (χ2v) is 9.51.